The number of nitrogens with one attached hydrogen (secondary N) is 1. The lowest BCUT2D eigenvalue weighted by molar-refractivity contribution is 0.834. The first-order valence-electron chi connectivity index (χ1n) is 11.7. The minimum absolute atomic E-state index is 0.431. The topological polar surface area (TPSA) is 24.4 Å². The summed E-state index contributed by atoms with van der Waals surface area (Å²) < 4.78 is 0. The fourth-order valence-corrected chi connectivity index (χ4v) is 4.02. The molecule has 0 saturated carbocycles. The molecule has 1 N–H and O–H groups in total. The van der Waals surface area contributed by atoms with Crippen molar-refractivity contribution in [1.82, 2.24) is 0 Å². The standard InChI is InChI=1S/C29H41N2/c1-18(2)24-13-11-14-25(19(3)4)28(24)30-22(9)17-23(10)31-29-26(20(5)6)15-12-16-27(29)21(7)8/h11-16,18-21,30H,1-10H3/q-1. The number of hydrogen-bond acceptors (Lipinski definition) is 2. The van der Waals surface area contributed by atoms with Crippen LogP contribution in [-0.4, -0.2) is 5.71 Å². The first kappa shape index (κ1) is 24.9. The molecule has 2 aromatic rings. The molecule has 2 aromatic carbocycles. The van der Waals surface area contributed by atoms with E-state index in [0.717, 1.165) is 17.1 Å². The summed E-state index contributed by atoms with van der Waals surface area (Å²) in [5.74, 6) is 1.77. The van der Waals surface area contributed by atoms with Gasteiger partial charge in [-0.15, -0.1) is 5.71 Å². The van der Waals surface area contributed by atoms with E-state index < -0.39 is 0 Å². The lowest BCUT2D eigenvalue weighted by atomic mass is 9.92. The van der Waals surface area contributed by atoms with E-state index >= 15 is 0 Å². The zero-order valence-electron chi connectivity index (χ0n) is 21.2. The number of benzene rings is 2. The third-order valence-electron chi connectivity index (χ3n) is 5.68. The number of para-hydroxylation sites is 2. The molecule has 0 aliphatic carbocycles. The van der Waals surface area contributed by atoms with Crippen LogP contribution >= 0.6 is 0 Å². The summed E-state index contributed by atoms with van der Waals surface area (Å²) >= 11 is 0. The Bertz CT molecular complexity index is 891. The van der Waals surface area contributed by atoms with Crippen LogP contribution in [0.4, 0.5) is 11.4 Å². The summed E-state index contributed by atoms with van der Waals surface area (Å²) in [5, 5.41) is 3.66. The van der Waals surface area contributed by atoms with Crippen LogP contribution < -0.4 is 5.32 Å². The van der Waals surface area contributed by atoms with Gasteiger partial charge in [0.15, 0.2) is 0 Å². The minimum atomic E-state index is 0.431. The highest BCUT2D eigenvalue weighted by molar-refractivity contribution is 5.92. The van der Waals surface area contributed by atoms with Gasteiger partial charge in [-0.1, -0.05) is 106 Å². The van der Waals surface area contributed by atoms with E-state index in [4.69, 9.17) is 4.99 Å². The molecule has 0 amide bonds. The Morgan fingerprint density at radius 3 is 1.45 bits per heavy atom. The summed E-state index contributed by atoms with van der Waals surface area (Å²) in [5.41, 5.74) is 9.49. The molecule has 0 fully saturated rings. The molecule has 31 heavy (non-hydrogen) atoms. The molecule has 0 atom stereocenters. The second kappa shape index (κ2) is 10.8. The van der Waals surface area contributed by atoms with Gasteiger partial charge in [0.2, 0.25) is 0 Å². The average molecular weight is 418 g/mol. The average Bonchev–Trinajstić information content (AvgIpc) is 2.67. The lowest BCUT2D eigenvalue weighted by Crippen LogP contribution is -2.07. The fraction of sp³-hybridized carbons (Fsp3) is 0.483. The Hall–Kier alpha value is -2.35. The molecule has 0 saturated heterocycles. The van der Waals surface area contributed by atoms with Crippen molar-refractivity contribution < 1.29 is 0 Å². The van der Waals surface area contributed by atoms with Gasteiger partial charge in [-0.3, -0.25) is 4.99 Å². The second-order valence-corrected chi connectivity index (χ2v) is 9.79. The van der Waals surface area contributed by atoms with Gasteiger partial charge in [0.1, 0.15) is 0 Å². The summed E-state index contributed by atoms with van der Waals surface area (Å²) in [6, 6.07) is 13.2. The van der Waals surface area contributed by atoms with E-state index in [1.165, 1.54) is 27.9 Å². The third kappa shape index (κ3) is 6.32. The van der Waals surface area contributed by atoms with Gasteiger partial charge in [0.25, 0.3) is 0 Å². The number of aliphatic imine (C=N–C) groups is 1. The maximum atomic E-state index is 5.04. The van der Waals surface area contributed by atoms with Crippen molar-refractivity contribution in [1.29, 1.82) is 0 Å². The van der Waals surface area contributed by atoms with Crippen LogP contribution in [0.25, 0.3) is 0 Å². The lowest BCUT2D eigenvalue weighted by Gasteiger charge is -2.25. The first-order chi connectivity index (χ1) is 14.5. The van der Waals surface area contributed by atoms with Crippen molar-refractivity contribution >= 4 is 17.1 Å². The monoisotopic (exact) mass is 417 g/mol. The Morgan fingerprint density at radius 1 is 0.677 bits per heavy atom. The van der Waals surface area contributed by atoms with Gasteiger partial charge >= 0.3 is 0 Å². The van der Waals surface area contributed by atoms with Gasteiger partial charge in [0.05, 0.1) is 5.69 Å². The molecular formula is C29H41N2-. The smallest absolute Gasteiger partial charge is 0.0667 e. The van der Waals surface area contributed by atoms with Crippen LogP contribution in [-0.2, 0) is 0 Å². The van der Waals surface area contributed by atoms with Gasteiger partial charge in [-0.25, -0.2) is 0 Å². The molecule has 0 unspecified atom stereocenters. The summed E-state index contributed by atoms with van der Waals surface area (Å²) in [6.07, 6.45) is 3.50. The molecule has 0 aliphatic rings. The Balaban J connectivity index is 2.46. The molecular weight excluding hydrogens is 376 g/mol. The largest absolute Gasteiger partial charge is 0.430 e. The fourth-order valence-electron chi connectivity index (χ4n) is 4.02. The predicted octanol–water partition coefficient (Wildman–Crippen LogP) is 9.09. The van der Waals surface area contributed by atoms with E-state index in [2.05, 4.69) is 110 Å². The van der Waals surface area contributed by atoms with Crippen molar-refractivity contribution in [2.75, 3.05) is 5.32 Å². The molecule has 0 bridgehead atoms. The van der Waals surface area contributed by atoms with Crippen molar-refractivity contribution in [3.63, 3.8) is 0 Å². The zero-order chi connectivity index (χ0) is 23.3. The highest BCUT2D eigenvalue weighted by Gasteiger charge is 2.13. The van der Waals surface area contributed by atoms with E-state index in [-0.39, 0.29) is 0 Å². The molecule has 2 rings (SSSR count). The van der Waals surface area contributed by atoms with Crippen LogP contribution in [0.3, 0.4) is 0 Å². The number of anilines is 1. The van der Waals surface area contributed by atoms with Gasteiger partial charge in [-0.05, 0) is 45.9 Å². The molecule has 0 heterocycles. The highest BCUT2D eigenvalue weighted by atomic mass is 14.9. The maximum absolute atomic E-state index is 5.04. The maximum Gasteiger partial charge on any atom is 0.0667 e. The normalized spacial score (nSPS) is 13.1. The molecule has 168 valence electrons. The van der Waals surface area contributed by atoms with Crippen LogP contribution in [0, 0.1) is 6.08 Å². The molecule has 0 radical (unpaired) electrons. The van der Waals surface area contributed by atoms with Gasteiger partial charge in [0, 0.05) is 5.69 Å². The minimum Gasteiger partial charge on any atom is -0.430 e. The molecule has 2 nitrogen and oxygen atoms in total. The quantitative estimate of drug-likeness (QED) is 0.336. The molecule has 0 aromatic heterocycles. The number of allylic oxidation sites excluding steroid dienone is 2. The van der Waals surface area contributed by atoms with Gasteiger partial charge < -0.3 is 11.4 Å². The molecule has 0 aliphatic heterocycles. The zero-order valence-corrected chi connectivity index (χ0v) is 21.2. The van der Waals surface area contributed by atoms with Crippen molar-refractivity contribution in [3.05, 3.63) is 70.4 Å². The van der Waals surface area contributed by atoms with Crippen LogP contribution in [0.2, 0.25) is 0 Å². The van der Waals surface area contributed by atoms with Crippen LogP contribution in [0.15, 0.2) is 47.1 Å². The first-order valence-corrected chi connectivity index (χ1v) is 11.7. The van der Waals surface area contributed by atoms with Crippen molar-refractivity contribution in [3.8, 4) is 0 Å². The molecule has 0 spiro atoms. The van der Waals surface area contributed by atoms with E-state index in [9.17, 15) is 0 Å². The third-order valence-corrected chi connectivity index (χ3v) is 5.68. The Morgan fingerprint density at radius 2 is 1.06 bits per heavy atom. The SMILES string of the molecule is CC(=[C-]C(C)=Nc1c(C(C)C)cccc1C(C)C)Nc1c(C(C)C)cccc1C(C)C. The van der Waals surface area contributed by atoms with Crippen LogP contribution in [0.5, 0.6) is 0 Å². The van der Waals surface area contributed by atoms with E-state index in [1.807, 2.05) is 6.92 Å². The summed E-state index contributed by atoms with van der Waals surface area (Å²) in [4.78, 5) is 5.04. The van der Waals surface area contributed by atoms with Crippen molar-refractivity contribution in [2.45, 2.75) is 92.9 Å². The van der Waals surface area contributed by atoms with E-state index in [1.54, 1.807) is 0 Å². The number of nitrogens with zero attached hydrogens (tertiary/aromatic N) is 1. The molecule has 2 heteroatoms. The van der Waals surface area contributed by atoms with Crippen molar-refractivity contribution in [2.24, 2.45) is 4.99 Å². The second-order valence-electron chi connectivity index (χ2n) is 9.79. The van der Waals surface area contributed by atoms with E-state index in [0.29, 0.717) is 23.7 Å². The highest BCUT2D eigenvalue weighted by Crippen LogP contribution is 2.35. The van der Waals surface area contributed by atoms with Gasteiger partial charge in [-0.2, -0.15) is 5.70 Å². The van der Waals surface area contributed by atoms with Crippen LogP contribution in [0.1, 0.15) is 115 Å². The predicted molar refractivity (Wildman–Crippen MR) is 138 cm³/mol. The number of rotatable bonds is 8. The number of hydrogen-bond donors (Lipinski definition) is 1. The Kier molecular flexibility index (Phi) is 8.68. The summed E-state index contributed by atoms with van der Waals surface area (Å²) in [6.45, 7) is 22.0. The Labute approximate surface area is 190 Å². The summed E-state index contributed by atoms with van der Waals surface area (Å²) in [7, 11) is 0.